The Kier molecular flexibility index (Phi) is 15.9. The summed E-state index contributed by atoms with van der Waals surface area (Å²) in [6.07, 6.45) is -2.46. The van der Waals surface area contributed by atoms with Crippen molar-refractivity contribution in [3.8, 4) is 5.75 Å². The summed E-state index contributed by atoms with van der Waals surface area (Å²) in [5, 5.41) is 22.7. The Morgan fingerprint density at radius 1 is 0.800 bits per heavy atom. The number of nitrogens with one attached hydrogen (secondary N) is 4. The Labute approximate surface area is 347 Å². The second-order valence-electron chi connectivity index (χ2n) is 15.0. The van der Waals surface area contributed by atoms with Gasteiger partial charge < -0.3 is 40.7 Å². The highest BCUT2D eigenvalue weighted by Crippen LogP contribution is 2.26. The molecule has 0 radical (unpaired) electrons. The van der Waals surface area contributed by atoms with Gasteiger partial charge in [-0.05, 0) is 48.6 Å². The maximum absolute atomic E-state index is 14.1. The molecule has 0 aromatic heterocycles. The van der Waals surface area contributed by atoms with Gasteiger partial charge in [-0.3, -0.25) is 24.0 Å². The Morgan fingerprint density at radius 3 is 2.00 bits per heavy atom. The van der Waals surface area contributed by atoms with Crippen molar-refractivity contribution in [1.82, 2.24) is 21.3 Å². The van der Waals surface area contributed by atoms with E-state index >= 15 is 0 Å². The second kappa shape index (κ2) is 21.2. The minimum Gasteiger partial charge on any atom is -0.491 e. The number of hydrogen-bond acceptors (Lipinski definition) is 8. The van der Waals surface area contributed by atoms with Crippen LogP contribution >= 0.6 is 0 Å². The number of anilines is 1. The number of aliphatic hydroxyl groups is 1. The van der Waals surface area contributed by atoms with Crippen LogP contribution in [0.2, 0.25) is 0 Å². The first-order valence-electron chi connectivity index (χ1n) is 19.8. The monoisotopic (exact) mass is 827 g/mol. The fourth-order valence-electron chi connectivity index (χ4n) is 6.72. The molecule has 5 N–H and O–H groups in total. The largest absolute Gasteiger partial charge is 0.491 e. The molecule has 5 atom stereocenters. The predicted molar refractivity (Wildman–Crippen MR) is 220 cm³/mol. The smallest absolute Gasteiger partial charge is 0.251 e. The average molecular weight is 828 g/mol. The number of carbonyl (C=O) groups excluding carboxylic acids is 5. The normalized spacial score (nSPS) is 15.1. The first kappa shape index (κ1) is 44.9. The zero-order chi connectivity index (χ0) is 43.3. The van der Waals surface area contributed by atoms with Crippen LogP contribution in [0, 0.1) is 17.6 Å². The number of hydrogen-bond donors (Lipinski definition) is 5. The van der Waals surface area contributed by atoms with Crippen LogP contribution in [0.25, 0.3) is 0 Å². The number of carbonyl (C=O) groups is 5. The minimum absolute atomic E-state index is 0.0407. The van der Waals surface area contributed by atoms with Crippen LogP contribution < -0.4 is 30.9 Å². The van der Waals surface area contributed by atoms with E-state index in [2.05, 4.69) is 21.3 Å². The molecule has 0 unspecified atom stereocenters. The minimum atomic E-state index is -1.58. The molecule has 4 aromatic rings. The van der Waals surface area contributed by atoms with Gasteiger partial charge in [0.05, 0.1) is 18.2 Å². The topological polar surface area (TPSA) is 175 Å². The number of rotatable bonds is 19. The molecule has 0 aliphatic carbocycles. The molecule has 1 heterocycles. The molecular formula is C45H51F2N5O8. The summed E-state index contributed by atoms with van der Waals surface area (Å²) in [4.78, 5) is 68.8. The molecule has 0 saturated carbocycles. The fraction of sp³-hybridized carbons (Fsp3) is 0.356. The molecule has 1 saturated heterocycles. The maximum atomic E-state index is 14.1. The number of aliphatic hydroxyl groups excluding tert-OH is 1. The average Bonchev–Trinajstić information content (AvgIpc) is 3.67. The van der Waals surface area contributed by atoms with Crippen molar-refractivity contribution >= 4 is 35.2 Å². The first-order valence-corrected chi connectivity index (χ1v) is 19.8. The Hall–Kier alpha value is -6.19. The second-order valence-corrected chi connectivity index (χ2v) is 15.0. The van der Waals surface area contributed by atoms with Crippen molar-refractivity contribution in [3.63, 3.8) is 0 Å². The van der Waals surface area contributed by atoms with E-state index in [0.29, 0.717) is 31.1 Å². The molecular weight excluding hydrogens is 777 g/mol. The summed E-state index contributed by atoms with van der Waals surface area (Å²) in [5.74, 6) is -5.04. The van der Waals surface area contributed by atoms with Gasteiger partial charge in [-0.1, -0.05) is 74.5 Å². The number of nitrogens with zero attached hydrogens (tertiary/aromatic N) is 1. The summed E-state index contributed by atoms with van der Waals surface area (Å²) in [5.41, 5.74) is 2.07. The number of amides is 5. The van der Waals surface area contributed by atoms with Gasteiger partial charge >= 0.3 is 0 Å². The van der Waals surface area contributed by atoms with Gasteiger partial charge in [0, 0.05) is 68.1 Å². The van der Waals surface area contributed by atoms with E-state index in [9.17, 15) is 37.9 Å². The zero-order valence-corrected chi connectivity index (χ0v) is 34.0. The van der Waals surface area contributed by atoms with Crippen LogP contribution in [-0.4, -0.2) is 79.2 Å². The lowest BCUT2D eigenvalue weighted by Crippen LogP contribution is -2.54. The van der Waals surface area contributed by atoms with Crippen LogP contribution in [0.15, 0.2) is 97.1 Å². The summed E-state index contributed by atoms with van der Waals surface area (Å²) >= 11 is 0. The van der Waals surface area contributed by atoms with Crippen LogP contribution in [0.4, 0.5) is 14.5 Å². The molecule has 1 aliphatic rings. The third-order valence-electron chi connectivity index (χ3n) is 10.1. The third-order valence-corrected chi connectivity index (χ3v) is 10.1. The highest BCUT2D eigenvalue weighted by molar-refractivity contribution is 6.04. The van der Waals surface area contributed by atoms with Gasteiger partial charge in [-0.2, -0.15) is 0 Å². The first-order chi connectivity index (χ1) is 28.7. The predicted octanol–water partition coefficient (Wildman–Crippen LogP) is 4.98. The van der Waals surface area contributed by atoms with Crippen molar-refractivity contribution in [3.05, 3.63) is 131 Å². The number of ether oxygens (including phenoxy) is 2. The standard InChI is InChI=1S/C45H51F2N5O8/c1-27(2)41(45(58)48-25-29-12-7-5-8-13-29)51-44(57)39(59-4)24-38(53)37(26-60-36-22-33(46)21-34(47)23-36)50-43(56)32-18-31(19-35(20-32)52-17-11-16-40(52)54)42(55)49-28(3)30-14-9-6-10-15-30/h5-10,12-15,18-23,27-28,37-39,41,53H,11,16-17,24-26H2,1-4H3,(H,48,58)(H,49,55)(H,50,56)(H,51,57)/t28-,37+,38+,39-,41+/m1/s1. The lowest BCUT2D eigenvalue weighted by Gasteiger charge is -2.28. The van der Waals surface area contributed by atoms with Crippen LogP contribution in [0.5, 0.6) is 5.75 Å². The van der Waals surface area contributed by atoms with Gasteiger partial charge in [0.15, 0.2) is 0 Å². The van der Waals surface area contributed by atoms with E-state index in [0.717, 1.165) is 23.3 Å². The van der Waals surface area contributed by atoms with Gasteiger partial charge in [0.25, 0.3) is 11.8 Å². The number of methoxy groups -OCH3 is 1. The van der Waals surface area contributed by atoms with E-state index in [1.54, 1.807) is 13.8 Å². The summed E-state index contributed by atoms with van der Waals surface area (Å²) in [7, 11) is 1.24. The van der Waals surface area contributed by atoms with Crippen molar-refractivity contribution in [2.45, 2.75) is 76.9 Å². The Bertz CT molecular complexity index is 2100. The van der Waals surface area contributed by atoms with E-state index < -0.39 is 78.6 Å². The summed E-state index contributed by atoms with van der Waals surface area (Å²) < 4.78 is 39.3. The molecule has 4 aromatic carbocycles. The molecule has 0 bridgehead atoms. The lowest BCUT2D eigenvalue weighted by atomic mass is 10.00. The quantitative estimate of drug-likeness (QED) is 0.0880. The molecule has 1 fully saturated rings. The van der Waals surface area contributed by atoms with Crippen LogP contribution in [0.3, 0.4) is 0 Å². The van der Waals surface area contributed by atoms with Crippen molar-refractivity contribution < 1.29 is 47.3 Å². The summed E-state index contributed by atoms with van der Waals surface area (Å²) in [6, 6.07) is 22.6. The van der Waals surface area contributed by atoms with Crippen molar-refractivity contribution in [2.24, 2.45) is 5.92 Å². The van der Waals surface area contributed by atoms with E-state index in [1.807, 2.05) is 67.6 Å². The molecule has 60 heavy (non-hydrogen) atoms. The van der Waals surface area contributed by atoms with Gasteiger partial charge in [-0.15, -0.1) is 0 Å². The maximum Gasteiger partial charge on any atom is 0.251 e. The van der Waals surface area contributed by atoms with E-state index in [-0.39, 0.29) is 35.2 Å². The third kappa shape index (κ3) is 12.4. The SMILES string of the molecule is CO[C@H](C[C@H](O)[C@H](COc1cc(F)cc(F)c1)NC(=O)c1cc(C(=O)N[C@H](C)c2ccccc2)cc(N2CCCC2=O)c1)C(=O)N[C@H](C(=O)NCc1ccccc1)C(C)C. The van der Waals surface area contributed by atoms with E-state index in [4.69, 9.17) is 9.47 Å². The van der Waals surface area contributed by atoms with Crippen LogP contribution in [0.1, 0.15) is 77.9 Å². The molecule has 1 aliphatic heterocycles. The number of halogens is 2. The molecule has 13 nitrogen and oxygen atoms in total. The lowest BCUT2D eigenvalue weighted by molar-refractivity contribution is -0.137. The highest BCUT2D eigenvalue weighted by Gasteiger charge is 2.33. The zero-order valence-electron chi connectivity index (χ0n) is 34.0. The van der Waals surface area contributed by atoms with Crippen molar-refractivity contribution in [1.29, 1.82) is 0 Å². The van der Waals surface area contributed by atoms with Crippen molar-refractivity contribution in [2.75, 3.05) is 25.2 Å². The Morgan fingerprint density at radius 2 is 1.42 bits per heavy atom. The number of benzene rings is 4. The van der Waals surface area contributed by atoms with Gasteiger partial charge in [-0.25, -0.2) is 8.78 Å². The fourth-order valence-corrected chi connectivity index (χ4v) is 6.72. The molecule has 5 amide bonds. The highest BCUT2D eigenvalue weighted by atomic mass is 19.1. The molecule has 5 rings (SSSR count). The van der Waals surface area contributed by atoms with Gasteiger partial charge in [0.2, 0.25) is 17.7 Å². The Balaban J connectivity index is 1.37. The molecule has 15 heteroatoms. The van der Waals surface area contributed by atoms with Gasteiger partial charge in [0.1, 0.15) is 36.1 Å². The molecule has 0 spiro atoms. The molecule has 318 valence electrons. The van der Waals surface area contributed by atoms with E-state index in [1.165, 1.54) is 30.2 Å². The summed E-state index contributed by atoms with van der Waals surface area (Å²) in [6.45, 7) is 5.40. The van der Waals surface area contributed by atoms with Crippen LogP contribution in [-0.2, 0) is 25.7 Å².